The molecule has 11 heteroatoms. The zero-order valence-electron chi connectivity index (χ0n) is 19.6. The van der Waals surface area contributed by atoms with Gasteiger partial charge in [-0.05, 0) is 61.1 Å². The van der Waals surface area contributed by atoms with Crippen LogP contribution >= 0.6 is 15.9 Å². The van der Waals surface area contributed by atoms with Crippen molar-refractivity contribution in [2.24, 2.45) is 5.92 Å². The molecule has 1 fully saturated rings. The van der Waals surface area contributed by atoms with E-state index >= 15 is 0 Å². The van der Waals surface area contributed by atoms with Crippen LogP contribution in [-0.4, -0.2) is 41.7 Å². The summed E-state index contributed by atoms with van der Waals surface area (Å²) in [5, 5.41) is 3.83. The number of carbonyl (C=O) groups is 1. The second-order valence-electron chi connectivity index (χ2n) is 9.09. The first-order chi connectivity index (χ1) is 17.9. The van der Waals surface area contributed by atoms with Crippen molar-refractivity contribution in [3.8, 4) is 0 Å². The van der Waals surface area contributed by atoms with Gasteiger partial charge in [0, 0.05) is 45.9 Å². The van der Waals surface area contributed by atoms with Crippen LogP contribution in [0.4, 0.5) is 10.2 Å². The van der Waals surface area contributed by atoms with E-state index in [-0.39, 0.29) is 29.9 Å². The molecule has 1 N–H and O–H groups in total. The van der Waals surface area contributed by atoms with Crippen LogP contribution in [0.25, 0.3) is 10.9 Å². The Morgan fingerprint density at radius 2 is 2.11 bits per heavy atom. The fraction of sp³-hybridized carbons (Fsp3) is 0.269. The van der Waals surface area contributed by atoms with Crippen LogP contribution in [0.3, 0.4) is 0 Å². The molecule has 1 aliphatic carbocycles. The Morgan fingerprint density at radius 3 is 2.92 bits per heavy atom. The molecule has 3 atom stereocenters. The Hall–Kier alpha value is -2.99. The Labute approximate surface area is 223 Å². The molecule has 0 saturated heterocycles. The van der Waals surface area contributed by atoms with E-state index in [1.165, 1.54) is 24.7 Å². The lowest BCUT2D eigenvalue weighted by atomic mass is 10.0. The van der Waals surface area contributed by atoms with E-state index in [1.54, 1.807) is 12.3 Å². The molecule has 0 aliphatic heterocycles. The van der Waals surface area contributed by atoms with Crippen LogP contribution in [0.5, 0.6) is 0 Å². The van der Waals surface area contributed by atoms with Crippen LogP contribution in [0.2, 0.25) is 0 Å². The highest BCUT2D eigenvalue weighted by Gasteiger charge is 2.27. The Bertz CT molecular complexity index is 1480. The number of fused-ring (bicyclic) bond motifs is 1. The van der Waals surface area contributed by atoms with Gasteiger partial charge in [0.2, 0.25) is 0 Å². The smallest absolute Gasteiger partial charge is 0.200 e. The Kier molecular flexibility index (Phi) is 7.75. The molecule has 0 bridgehead atoms. The van der Waals surface area contributed by atoms with E-state index in [0.29, 0.717) is 29.7 Å². The first-order valence-corrected chi connectivity index (χ1v) is 13.5. The minimum absolute atomic E-state index is 0.00505. The predicted molar refractivity (Wildman–Crippen MR) is 140 cm³/mol. The summed E-state index contributed by atoms with van der Waals surface area (Å²) in [6.07, 6.45) is 6.85. The molecule has 37 heavy (non-hydrogen) atoms. The summed E-state index contributed by atoms with van der Waals surface area (Å²) in [7, 11) is 0. The predicted octanol–water partition coefficient (Wildman–Crippen LogP) is 5.00. The number of ketones is 1. The van der Waals surface area contributed by atoms with Gasteiger partial charge < -0.3 is 18.6 Å². The topological polar surface area (TPSA) is 109 Å². The van der Waals surface area contributed by atoms with E-state index in [0.717, 1.165) is 28.4 Å². The second-order valence-corrected chi connectivity index (χ2v) is 10.6. The first kappa shape index (κ1) is 25.7. The Balaban J connectivity index is 1.43. The van der Waals surface area contributed by atoms with Crippen molar-refractivity contribution < 1.29 is 22.1 Å². The number of aromatic nitrogens is 3. The number of halogens is 2. The van der Waals surface area contributed by atoms with Gasteiger partial charge in [0.25, 0.3) is 0 Å². The van der Waals surface area contributed by atoms with Crippen LogP contribution < -0.4 is 5.32 Å². The third-order valence-electron chi connectivity index (χ3n) is 6.57. The first-order valence-electron chi connectivity index (χ1n) is 11.7. The third-order valence-corrected chi connectivity index (χ3v) is 7.39. The van der Waals surface area contributed by atoms with Gasteiger partial charge in [-0.3, -0.25) is 4.79 Å². The molecular weight excluding hydrogens is 563 g/mol. The summed E-state index contributed by atoms with van der Waals surface area (Å²) in [5.74, 6) is -0.257. The summed E-state index contributed by atoms with van der Waals surface area (Å²) >= 11 is 0.953. The normalized spacial score (nSPS) is 18.2. The number of benzene rings is 2. The quantitative estimate of drug-likeness (QED) is 0.217. The van der Waals surface area contributed by atoms with Gasteiger partial charge >= 0.3 is 0 Å². The minimum atomic E-state index is -2.53. The lowest BCUT2D eigenvalue weighted by molar-refractivity contribution is 0.104. The average Bonchev–Trinajstić information content (AvgIpc) is 3.47. The number of nitrogens with one attached hydrogen (secondary N) is 1. The number of rotatable bonds is 9. The maximum absolute atomic E-state index is 14.3. The standard InChI is InChI=1S/C26H24BrFN4O4S/c27-18-3-1-2-16(8-18)12-32-13-23(21-10-19(28)5-7-24(21)32)25(33)22-11-29-15-30-26(22)31-20-6-4-17(9-20)14-36-37(34)35/h1-3,5,7-8,10-11,13,15,17,20H,4,6,9,12,14H2,(H,34,35)(H,29,30,31)/p-1/t17-,20+/m1/s1. The SMILES string of the molecule is O=C(c1cncnc1N[C@H]1CC[C@@H](COS(=O)[O-])C1)c1cn(Cc2cccc(Br)c2)c2ccc(F)cc12. The van der Waals surface area contributed by atoms with Crippen LogP contribution in [0.15, 0.2) is 65.7 Å². The van der Waals surface area contributed by atoms with Crippen molar-refractivity contribution in [2.45, 2.75) is 31.8 Å². The molecule has 2 heterocycles. The van der Waals surface area contributed by atoms with Crippen molar-refractivity contribution in [3.63, 3.8) is 0 Å². The monoisotopic (exact) mass is 585 g/mol. The molecular formula is C26H23BrFN4O4S-. The molecule has 5 rings (SSSR count). The highest BCUT2D eigenvalue weighted by molar-refractivity contribution is 9.10. The van der Waals surface area contributed by atoms with E-state index in [4.69, 9.17) is 4.18 Å². The van der Waals surface area contributed by atoms with E-state index in [1.807, 2.05) is 28.8 Å². The summed E-state index contributed by atoms with van der Waals surface area (Å²) in [4.78, 5) is 22.2. The fourth-order valence-corrected chi connectivity index (χ4v) is 5.62. The summed E-state index contributed by atoms with van der Waals surface area (Å²) in [5.41, 5.74) is 2.41. The van der Waals surface area contributed by atoms with Gasteiger partial charge in [-0.25, -0.2) is 18.6 Å². The van der Waals surface area contributed by atoms with E-state index < -0.39 is 17.2 Å². The van der Waals surface area contributed by atoms with Crippen LogP contribution in [0.1, 0.15) is 40.7 Å². The van der Waals surface area contributed by atoms with Gasteiger partial charge in [0.15, 0.2) is 5.78 Å². The maximum Gasteiger partial charge on any atom is 0.200 e. The average molecular weight is 586 g/mol. The van der Waals surface area contributed by atoms with Gasteiger partial charge in [-0.15, -0.1) is 0 Å². The lowest BCUT2D eigenvalue weighted by Crippen LogP contribution is -2.20. The van der Waals surface area contributed by atoms with Crippen LogP contribution in [-0.2, 0) is 22.1 Å². The third kappa shape index (κ3) is 5.96. The van der Waals surface area contributed by atoms with Crippen LogP contribution in [0, 0.1) is 11.7 Å². The van der Waals surface area contributed by atoms with Crippen molar-refractivity contribution in [2.75, 3.05) is 11.9 Å². The zero-order chi connectivity index (χ0) is 25.9. The largest absolute Gasteiger partial charge is 0.750 e. The zero-order valence-corrected chi connectivity index (χ0v) is 22.0. The summed E-state index contributed by atoms with van der Waals surface area (Å²) < 4.78 is 43.3. The number of hydrogen-bond donors (Lipinski definition) is 1. The molecule has 192 valence electrons. The second kappa shape index (κ2) is 11.2. The highest BCUT2D eigenvalue weighted by Crippen LogP contribution is 2.31. The summed E-state index contributed by atoms with van der Waals surface area (Å²) in [6.45, 7) is 0.637. The van der Waals surface area contributed by atoms with Gasteiger partial charge in [0.1, 0.15) is 18.0 Å². The van der Waals surface area contributed by atoms with Gasteiger partial charge in [0.05, 0.1) is 23.5 Å². The van der Waals surface area contributed by atoms with Crippen molar-refractivity contribution >= 4 is 49.8 Å². The molecule has 2 aromatic heterocycles. The van der Waals surface area contributed by atoms with Crippen molar-refractivity contribution in [3.05, 3.63) is 88.2 Å². The number of hydrogen-bond acceptors (Lipinski definition) is 7. The van der Waals surface area contributed by atoms with E-state index in [2.05, 4.69) is 31.2 Å². The molecule has 2 aromatic carbocycles. The molecule has 4 aromatic rings. The fourth-order valence-electron chi connectivity index (χ4n) is 4.87. The van der Waals surface area contributed by atoms with Crippen molar-refractivity contribution in [1.82, 2.24) is 14.5 Å². The molecule has 0 amide bonds. The minimum Gasteiger partial charge on any atom is -0.750 e. The number of anilines is 1. The van der Waals surface area contributed by atoms with Gasteiger partial charge in [-0.2, -0.15) is 0 Å². The molecule has 1 aliphatic rings. The van der Waals surface area contributed by atoms with E-state index in [9.17, 15) is 17.9 Å². The Morgan fingerprint density at radius 1 is 1.24 bits per heavy atom. The maximum atomic E-state index is 14.3. The number of carbonyl (C=O) groups excluding carboxylic acids is 1. The molecule has 8 nitrogen and oxygen atoms in total. The lowest BCUT2D eigenvalue weighted by Gasteiger charge is -2.16. The summed E-state index contributed by atoms with van der Waals surface area (Å²) in [6, 6.07) is 12.3. The molecule has 1 unspecified atom stereocenters. The number of nitrogens with zero attached hydrogens (tertiary/aromatic N) is 3. The van der Waals surface area contributed by atoms with Crippen molar-refractivity contribution in [1.29, 1.82) is 0 Å². The van der Waals surface area contributed by atoms with Gasteiger partial charge in [-0.1, -0.05) is 28.1 Å². The molecule has 0 spiro atoms. The molecule has 0 radical (unpaired) electrons. The highest BCUT2D eigenvalue weighted by atomic mass is 79.9. The molecule has 1 saturated carbocycles.